The first-order valence-corrected chi connectivity index (χ1v) is 8.76. The van der Waals surface area contributed by atoms with Crippen LogP contribution < -0.4 is 11.3 Å². The SMILES string of the molecule is NC(=O)c1nn(-c2ccccc2F)c(=O)cc1C1(c2cccc(Cl)c2)CC1. The Labute approximate surface area is 159 Å². The molecule has 0 spiro atoms. The van der Waals surface area contributed by atoms with Gasteiger partial charge < -0.3 is 5.73 Å². The van der Waals surface area contributed by atoms with Crippen molar-refractivity contribution in [3.8, 4) is 5.69 Å². The van der Waals surface area contributed by atoms with Gasteiger partial charge in [0.15, 0.2) is 5.69 Å². The van der Waals surface area contributed by atoms with Gasteiger partial charge in [0.1, 0.15) is 11.5 Å². The van der Waals surface area contributed by atoms with Gasteiger partial charge in [-0.05, 0) is 42.7 Å². The fourth-order valence-corrected chi connectivity index (χ4v) is 3.61. The fourth-order valence-electron chi connectivity index (χ4n) is 3.42. The zero-order valence-corrected chi connectivity index (χ0v) is 14.9. The quantitative estimate of drug-likeness (QED) is 0.751. The molecule has 4 rings (SSSR count). The van der Waals surface area contributed by atoms with Crippen molar-refractivity contribution in [2.45, 2.75) is 18.3 Å². The van der Waals surface area contributed by atoms with Crippen molar-refractivity contribution in [2.24, 2.45) is 5.73 Å². The van der Waals surface area contributed by atoms with E-state index in [1.165, 1.54) is 24.3 Å². The van der Waals surface area contributed by atoms with E-state index in [1.54, 1.807) is 12.1 Å². The lowest BCUT2D eigenvalue weighted by atomic mass is 9.87. The van der Waals surface area contributed by atoms with E-state index >= 15 is 0 Å². The molecular formula is C20H15ClFN3O2. The first-order chi connectivity index (χ1) is 12.9. The number of benzene rings is 2. The molecule has 1 fully saturated rings. The summed E-state index contributed by atoms with van der Waals surface area (Å²) in [4.78, 5) is 24.8. The monoisotopic (exact) mass is 383 g/mol. The molecule has 1 aliphatic carbocycles. The minimum Gasteiger partial charge on any atom is -0.364 e. The van der Waals surface area contributed by atoms with E-state index in [4.69, 9.17) is 17.3 Å². The molecule has 0 bridgehead atoms. The zero-order valence-electron chi connectivity index (χ0n) is 14.2. The van der Waals surface area contributed by atoms with Gasteiger partial charge in [0.25, 0.3) is 11.5 Å². The third kappa shape index (κ3) is 2.92. The normalized spacial score (nSPS) is 14.7. The number of rotatable bonds is 4. The number of primary amides is 1. The largest absolute Gasteiger partial charge is 0.364 e. The van der Waals surface area contributed by atoms with Gasteiger partial charge in [0.05, 0.1) is 0 Å². The molecule has 27 heavy (non-hydrogen) atoms. The third-order valence-electron chi connectivity index (χ3n) is 4.89. The summed E-state index contributed by atoms with van der Waals surface area (Å²) in [5.74, 6) is -1.39. The average Bonchev–Trinajstić information content (AvgIpc) is 3.44. The van der Waals surface area contributed by atoms with E-state index in [2.05, 4.69) is 5.10 Å². The zero-order chi connectivity index (χ0) is 19.2. The highest BCUT2D eigenvalue weighted by Gasteiger charge is 2.48. The molecule has 1 saturated carbocycles. The molecule has 0 saturated heterocycles. The average molecular weight is 384 g/mol. The highest BCUT2D eigenvalue weighted by Crippen LogP contribution is 2.54. The van der Waals surface area contributed by atoms with E-state index < -0.39 is 22.7 Å². The lowest BCUT2D eigenvalue weighted by Crippen LogP contribution is -2.31. The van der Waals surface area contributed by atoms with Crippen molar-refractivity contribution < 1.29 is 9.18 Å². The first-order valence-electron chi connectivity index (χ1n) is 8.38. The van der Waals surface area contributed by atoms with Gasteiger partial charge in [0, 0.05) is 22.1 Å². The highest BCUT2D eigenvalue weighted by molar-refractivity contribution is 6.30. The van der Waals surface area contributed by atoms with E-state index in [1.807, 2.05) is 18.2 Å². The van der Waals surface area contributed by atoms with Gasteiger partial charge in [-0.3, -0.25) is 9.59 Å². The molecule has 1 amide bonds. The molecule has 1 aliphatic rings. The van der Waals surface area contributed by atoms with Crippen LogP contribution in [-0.4, -0.2) is 15.7 Å². The maximum atomic E-state index is 14.1. The Hall–Kier alpha value is -2.99. The summed E-state index contributed by atoms with van der Waals surface area (Å²) in [6.45, 7) is 0. The van der Waals surface area contributed by atoms with Crippen LogP contribution in [0.2, 0.25) is 5.02 Å². The number of hydrogen-bond acceptors (Lipinski definition) is 3. The van der Waals surface area contributed by atoms with Crippen LogP contribution in [0, 0.1) is 5.82 Å². The molecule has 136 valence electrons. The number of nitrogens with two attached hydrogens (primary N) is 1. The number of nitrogens with zero attached hydrogens (tertiary/aromatic N) is 2. The van der Waals surface area contributed by atoms with Crippen LogP contribution in [0.1, 0.15) is 34.5 Å². The molecule has 7 heteroatoms. The smallest absolute Gasteiger partial charge is 0.271 e. The van der Waals surface area contributed by atoms with Gasteiger partial charge in [-0.15, -0.1) is 0 Å². The Morgan fingerprint density at radius 1 is 1.15 bits per heavy atom. The molecule has 2 aromatic carbocycles. The highest BCUT2D eigenvalue weighted by atomic mass is 35.5. The van der Waals surface area contributed by atoms with Crippen molar-refractivity contribution in [2.75, 3.05) is 0 Å². The van der Waals surface area contributed by atoms with E-state index in [0.29, 0.717) is 10.6 Å². The lowest BCUT2D eigenvalue weighted by Gasteiger charge is -2.19. The Bertz CT molecular complexity index is 1120. The third-order valence-corrected chi connectivity index (χ3v) is 5.12. The van der Waals surface area contributed by atoms with Crippen molar-refractivity contribution in [1.82, 2.24) is 9.78 Å². The Balaban J connectivity index is 1.93. The van der Waals surface area contributed by atoms with Crippen molar-refractivity contribution in [1.29, 1.82) is 0 Å². The molecule has 5 nitrogen and oxygen atoms in total. The van der Waals surface area contributed by atoms with Crippen LogP contribution in [-0.2, 0) is 5.41 Å². The summed E-state index contributed by atoms with van der Waals surface area (Å²) >= 11 is 6.11. The molecule has 0 aliphatic heterocycles. The predicted molar refractivity (Wildman–Crippen MR) is 99.8 cm³/mol. The summed E-state index contributed by atoms with van der Waals surface area (Å²) in [6.07, 6.45) is 1.47. The maximum absolute atomic E-state index is 14.1. The van der Waals surface area contributed by atoms with Crippen molar-refractivity contribution >= 4 is 17.5 Å². The molecule has 0 atom stereocenters. The minimum absolute atomic E-state index is 0.0378. The van der Waals surface area contributed by atoms with Gasteiger partial charge in [-0.25, -0.2) is 4.39 Å². The molecule has 0 radical (unpaired) electrons. The topological polar surface area (TPSA) is 78.0 Å². The minimum atomic E-state index is -0.775. The van der Waals surface area contributed by atoms with E-state index in [9.17, 15) is 14.0 Å². The van der Waals surface area contributed by atoms with Crippen LogP contribution in [0.25, 0.3) is 5.69 Å². The van der Waals surface area contributed by atoms with Crippen molar-refractivity contribution in [3.05, 3.63) is 92.6 Å². The van der Waals surface area contributed by atoms with Crippen LogP contribution in [0.15, 0.2) is 59.4 Å². The number of amides is 1. The summed E-state index contributed by atoms with van der Waals surface area (Å²) in [6, 6.07) is 14.3. The summed E-state index contributed by atoms with van der Waals surface area (Å²) in [7, 11) is 0. The Kier molecular flexibility index (Phi) is 4.08. The number of aromatic nitrogens is 2. The molecule has 0 unspecified atom stereocenters. The number of hydrogen-bond donors (Lipinski definition) is 1. The van der Waals surface area contributed by atoms with Crippen LogP contribution in [0.5, 0.6) is 0 Å². The number of para-hydroxylation sites is 1. The van der Waals surface area contributed by atoms with Gasteiger partial charge in [0.2, 0.25) is 0 Å². The van der Waals surface area contributed by atoms with Gasteiger partial charge in [-0.2, -0.15) is 9.78 Å². The molecule has 3 aromatic rings. The van der Waals surface area contributed by atoms with E-state index in [-0.39, 0.29) is 11.4 Å². The molecule has 2 N–H and O–H groups in total. The van der Waals surface area contributed by atoms with Gasteiger partial charge in [-0.1, -0.05) is 35.9 Å². The molecular weight excluding hydrogens is 369 g/mol. The Morgan fingerprint density at radius 3 is 2.52 bits per heavy atom. The summed E-state index contributed by atoms with van der Waals surface area (Å²) in [5.41, 5.74) is 5.74. The predicted octanol–water partition coefficient (Wildman–Crippen LogP) is 3.20. The first kappa shape index (κ1) is 17.4. The number of carbonyl (C=O) groups is 1. The van der Waals surface area contributed by atoms with E-state index in [0.717, 1.165) is 23.1 Å². The number of halogens is 2. The maximum Gasteiger partial charge on any atom is 0.271 e. The molecule has 1 aromatic heterocycles. The van der Waals surface area contributed by atoms with Crippen LogP contribution >= 0.6 is 11.6 Å². The second-order valence-electron chi connectivity index (χ2n) is 6.56. The van der Waals surface area contributed by atoms with Crippen molar-refractivity contribution in [3.63, 3.8) is 0 Å². The molecule has 1 heterocycles. The summed E-state index contributed by atoms with van der Waals surface area (Å²) < 4.78 is 15.0. The second kappa shape index (κ2) is 6.32. The second-order valence-corrected chi connectivity index (χ2v) is 7.00. The fraction of sp³-hybridized carbons (Fsp3) is 0.150. The van der Waals surface area contributed by atoms with Crippen LogP contribution in [0.3, 0.4) is 0 Å². The van der Waals surface area contributed by atoms with Gasteiger partial charge >= 0.3 is 0 Å². The Morgan fingerprint density at radius 2 is 1.89 bits per heavy atom. The van der Waals surface area contributed by atoms with Crippen LogP contribution in [0.4, 0.5) is 4.39 Å². The summed E-state index contributed by atoms with van der Waals surface area (Å²) in [5, 5.41) is 4.68. The standard InChI is InChI=1S/C20H15ClFN3O2/c21-13-5-3-4-12(10-13)20(8-9-20)14-11-17(26)25(24-18(14)19(23)27)16-7-2-1-6-15(16)22/h1-7,10-11H,8-9H2,(H2,23,27). The lowest BCUT2D eigenvalue weighted by molar-refractivity contribution is 0.0992. The number of carbonyl (C=O) groups excluding carboxylic acids is 1.